The maximum atomic E-state index is 12.4. The molecule has 24 heavy (non-hydrogen) atoms. The van der Waals surface area contributed by atoms with Gasteiger partial charge >= 0.3 is 0 Å². The number of carbonyl (C=O) groups excluding carboxylic acids is 3. The molecule has 0 atom stereocenters. The zero-order valence-corrected chi connectivity index (χ0v) is 15.6. The van der Waals surface area contributed by atoms with E-state index in [9.17, 15) is 14.4 Å². The van der Waals surface area contributed by atoms with Crippen molar-refractivity contribution in [3.63, 3.8) is 0 Å². The minimum Gasteiger partial charge on any atom is -0.342 e. The molecule has 7 heteroatoms. The summed E-state index contributed by atoms with van der Waals surface area (Å²) in [5, 5.41) is 0. The van der Waals surface area contributed by atoms with Crippen LogP contribution in [-0.4, -0.2) is 60.7 Å². The van der Waals surface area contributed by atoms with E-state index in [1.54, 1.807) is 14.7 Å². The second-order valence-electron chi connectivity index (χ2n) is 5.87. The van der Waals surface area contributed by atoms with Gasteiger partial charge in [-0.3, -0.25) is 14.4 Å². The largest absolute Gasteiger partial charge is 0.342 e. The number of hydrogen-bond donors (Lipinski definition) is 0. The molecule has 1 saturated heterocycles. The molecule has 6 nitrogen and oxygen atoms in total. The number of hydrogen-bond acceptors (Lipinski definition) is 3. The van der Waals surface area contributed by atoms with E-state index >= 15 is 0 Å². The number of halogens is 1. The van der Waals surface area contributed by atoms with Crippen molar-refractivity contribution in [2.24, 2.45) is 0 Å². The molecule has 2 rings (SSSR count). The summed E-state index contributed by atoms with van der Waals surface area (Å²) < 4.78 is 0.955. The number of rotatable bonds is 5. The second-order valence-corrected chi connectivity index (χ2v) is 6.79. The topological polar surface area (TPSA) is 60.9 Å². The summed E-state index contributed by atoms with van der Waals surface area (Å²) in [7, 11) is 0. The third kappa shape index (κ3) is 4.56. The van der Waals surface area contributed by atoms with E-state index in [0.29, 0.717) is 32.7 Å². The molecular formula is C17H22BrN3O3. The van der Waals surface area contributed by atoms with Gasteiger partial charge < -0.3 is 14.7 Å². The summed E-state index contributed by atoms with van der Waals surface area (Å²) in [5.41, 5.74) is 1.80. The van der Waals surface area contributed by atoms with Crippen LogP contribution >= 0.6 is 15.9 Å². The van der Waals surface area contributed by atoms with Crippen LogP contribution in [0.5, 0.6) is 0 Å². The lowest BCUT2D eigenvalue weighted by atomic mass is 10.1. The minimum atomic E-state index is -0.0843. The lowest BCUT2D eigenvalue weighted by Crippen LogP contribution is -2.48. The standard InChI is InChI=1S/C17H22BrN3O3/c1-13-11-15(18)3-4-16(13)21(14(2)23)6-5-17(24)20-9-7-19(12-22)8-10-20/h3-4,11-12H,5-10H2,1-2H3. The first-order chi connectivity index (χ1) is 11.4. The van der Waals surface area contributed by atoms with Gasteiger partial charge in [0, 0.05) is 56.2 Å². The van der Waals surface area contributed by atoms with Gasteiger partial charge in [-0.25, -0.2) is 0 Å². The molecule has 0 radical (unpaired) electrons. The normalized spacial score (nSPS) is 14.5. The summed E-state index contributed by atoms with van der Waals surface area (Å²) in [6.07, 6.45) is 1.09. The predicted molar refractivity (Wildman–Crippen MR) is 95.7 cm³/mol. The van der Waals surface area contributed by atoms with E-state index in [4.69, 9.17) is 0 Å². The Morgan fingerprint density at radius 1 is 1.25 bits per heavy atom. The van der Waals surface area contributed by atoms with Crippen LogP contribution in [0.3, 0.4) is 0 Å². The fourth-order valence-electron chi connectivity index (χ4n) is 2.81. The Labute approximate surface area is 150 Å². The molecule has 0 N–H and O–H groups in total. The summed E-state index contributed by atoms with van der Waals surface area (Å²) >= 11 is 3.41. The summed E-state index contributed by atoms with van der Waals surface area (Å²) in [6.45, 7) is 6.04. The van der Waals surface area contributed by atoms with E-state index in [2.05, 4.69) is 15.9 Å². The summed E-state index contributed by atoms with van der Waals surface area (Å²) in [6, 6.07) is 5.72. The van der Waals surface area contributed by atoms with Gasteiger partial charge in [0.25, 0.3) is 0 Å². The average Bonchev–Trinajstić information content (AvgIpc) is 2.56. The lowest BCUT2D eigenvalue weighted by Gasteiger charge is -2.33. The van der Waals surface area contributed by atoms with Crippen molar-refractivity contribution in [1.29, 1.82) is 0 Å². The van der Waals surface area contributed by atoms with Gasteiger partial charge in [-0.15, -0.1) is 0 Å². The fraction of sp³-hybridized carbons (Fsp3) is 0.471. The van der Waals surface area contributed by atoms with Crippen molar-refractivity contribution < 1.29 is 14.4 Å². The van der Waals surface area contributed by atoms with Gasteiger partial charge in [-0.2, -0.15) is 0 Å². The maximum Gasteiger partial charge on any atom is 0.224 e. The van der Waals surface area contributed by atoms with Crippen LogP contribution < -0.4 is 4.90 Å². The van der Waals surface area contributed by atoms with Crippen molar-refractivity contribution in [1.82, 2.24) is 9.80 Å². The number of anilines is 1. The highest BCUT2D eigenvalue weighted by molar-refractivity contribution is 9.10. The molecule has 0 bridgehead atoms. The molecule has 1 aliphatic heterocycles. The third-order valence-electron chi connectivity index (χ3n) is 4.20. The molecule has 130 valence electrons. The molecule has 1 aromatic carbocycles. The van der Waals surface area contributed by atoms with E-state index in [0.717, 1.165) is 22.1 Å². The number of piperazine rings is 1. The highest BCUT2D eigenvalue weighted by Crippen LogP contribution is 2.24. The van der Waals surface area contributed by atoms with Gasteiger partial charge in [0.1, 0.15) is 0 Å². The maximum absolute atomic E-state index is 12.4. The van der Waals surface area contributed by atoms with Crippen LogP contribution in [0.15, 0.2) is 22.7 Å². The highest BCUT2D eigenvalue weighted by atomic mass is 79.9. The summed E-state index contributed by atoms with van der Waals surface area (Å²) in [5.74, 6) is -0.0689. The van der Waals surface area contributed by atoms with Gasteiger partial charge in [-0.05, 0) is 30.7 Å². The molecule has 0 aliphatic carbocycles. The summed E-state index contributed by atoms with van der Waals surface area (Å²) in [4.78, 5) is 40.1. The van der Waals surface area contributed by atoms with E-state index < -0.39 is 0 Å². The SMILES string of the molecule is CC(=O)N(CCC(=O)N1CCN(C=O)CC1)c1ccc(Br)cc1C. The first-order valence-corrected chi connectivity index (χ1v) is 8.73. The first kappa shape index (κ1) is 18.4. The molecule has 0 saturated carbocycles. The van der Waals surface area contributed by atoms with Crippen molar-refractivity contribution >= 4 is 39.8 Å². The van der Waals surface area contributed by atoms with Crippen molar-refractivity contribution in [3.8, 4) is 0 Å². The van der Waals surface area contributed by atoms with E-state index in [1.165, 1.54) is 6.92 Å². The molecule has 1 aliphatic rings. The van der Waals surface area contributed by atoms with Crippen molar-refractivity contribution in [2.75, 3.05) is 37.6 Å². The number of carbonyl (C=O) groups is 3. The van der Waals surface area contributed by atoms with Crippen LogP contribution in [0.2, 0.25) is 0 Å². The molecule has 3 amide bonds. The Kier molecular flexibility index (Phi) is 6.36. The quantitative estimate of drug-likeness (QED) is 0.714. The molecule has 0 unspecified atom stereocenters. The van der Waals surface area contributed by atoms with Crippen LogP contribution in [0.25, 0.3) is 0 Å². The van der Waals surface area contributed by atoms with Gasteiger partial charge in [-0.1, -0.05) is 15.9 Å². The third-order valence-corrected chi connectivity index (χ3v) is 4.69. The van der Waals surface area contributed by atoms with Crippen LogP contribution in [0, 0.1) is 6.92 Å². The van der Waals surface area contributed by atoms with Crippen LogP contribution in [0.1, 0.15) is 18.9 Å². The number of aryl methyl sites for hydroxylation is 1. The van der Waals surface area contributed by atoms with Gasteiger partial charge in [0.2, 0.25) is 18.2 Å². The van der Waals surface area contributed by atoms with Gasteiger partial charge in [0.05, 0.1) is 0 Å². The highest BCUT2D eigenvalue weighted by Gasteiger charge is 2.22. The predicted octanol–water partition coefficient (Wildman–Crippen LogP) is 1.80. The number of benzene rings is 1. The average molecular weight is 396 g/mol. The number of amides is 3. The van der Waals surface area contributed by atoms with Crippen molar-refractivity contribution in [2.45, 2.75) is 20.3 Å². The van der Waals surface area contributed by atoms with Crippen LogP contribution in [0.4, 0.5) is 5.69 Å². The van der Waals surface area contributed by atoms with E-state index in [-0.39, 0.29) is 18.2 Å². The second kappa shape index (κ2) is 8.28. The molecule has 1 aromatic rings. The van der Waals surface area contributed by atoms with Crippen molar-refractivity contribution in [3.05, 3.63) is 28.2 Å². The Morgan fingerprint density at radius 2 is 1.92 bits per heavy atom. The van der Waals surface area contributed by atoms with Crippen LogP contribution in [-0.2, 0) is 14.4 Å². The van der Waals surface area contributed by atoms with E-state index in [1.807, 2.05) is 25.1 Å². The number of nitrogens with zero attached hydrogens (tertiary/aromatic N) is 3. The molecule has 1 heterocycles. The monoisotopic (exact) mass is 395 g/mol. The Morgan fingerprint density at radius 3 is 2.46 bits per heavy atom. The first-order valence-electron chi connectivity index (χ1n) is 7.93. The fourth-order valence-corrected chi connectivity index (χ4v) is 3.29. The molecule has 0 aromatic heterocycles. The Bertz CT molecular complexity index is 628. The Balaban J connectivity index is 1.98. The Hall–Kier alpha value is -1.89. The zero-order valence-electron chi connectivity index (χ0n) is 14.0. The molecule has 0 spiro atoms. The lowest BCUT2D eigenvalue weighted by molar-refractivity contribution is -0.135. The molecule has 1 fully saturated rings. The smallest absolute Gasteiger partial charge is 0.224 e. The zero-order chi connectivity index (χ0) is 17.7. The van der Waals surface area contributed by atoms with Gasteiger partial charge in [0.15, 0.2) is 0 Å². The minimum absolute atomic E-state index is 0.0153. The molecular weight excluding hydrogens is 374 g/mol.